The molecule has 0 saturated heterocycles. The van der Waals surface area contributed by atoms with Crippen molar-refractivity contribution < 1.29 is 4.79 Å². The standard InChI is InChI=1S/C17H28N2O/c1-3-5-6-7-8-13-17(20)19-16-12-10-9-11-15(16)14-18-4-2/h9-12,18H,3-8,13-14H2,1-2H3,(H,19,20). The Hall–Kier alpha value is -1.35. The van der Waals surface area contributed by atoms with Crippen molar-refractivity contribution in [2.45, 2.75) is 58.9 Å². The van der Waals surface area contributed by atoms with Crippen LogP contribution in [-0.2, 0) is 11.3 Å². The first-order valence-electron chi connectivity index (χ1n) is 7.86. The number of hydrogen-bond acceptors (Lipinski definition) is 2. The van der Waals surface area contributed by atoms with E-state index in [-0.39, 0.29) is 5.91 Å². The fraction of sp³-hybridized carbons (Fsp3) is 0.588. The number of para-hydroxylation sites is 1. The highest BCUT2D eigenvalue weighted by molar-refractivity contribution is 5.91. The predicted molar refractivity (Wildman–Crippen MR) is 85.8 cm³/mol. The van der Waals surface area contributed by atoms with Crippen LogP contribution in [0.4, 0.5) is 5.69 Å². The number of nitrogens with one attached hydrogen (secondary N) is 2. The van der Waals surface area contributed by atoms with Gasteiger partial charge in [-0.1, -0.05) is 57.7 Å². The molecule has 20 heavy (non-hydrogen) atoms. The Labute approximate surface area is 123 Å². The summed E-state index contributed by atoms with van der Waals surface area (Å²) in [6.45, 7) is 6.01. The molecule has 2 N–H and O–H groups in total. The highest BCUT2D eigenvalue weighted by atomic mass is 16.1. The van der Waals surface area contributed by atoms with Gasteiger partial charge < -0.3 is 10.6 Å². The highest BCUT2D eigenvalue weighted by Gasteiger charge is 2.05. The van der Waals surface area contributed by atoms with E-state index in [4.69, 9.17) is 0 Å². The molecule has 0 unspecified atom stereocenters. The number of benzene rings is 1. The van der Waals surface area contributed by atoms with Gasteiger partial charge in [0.15, 0.2) is 0 Å². The molecule has 1 amide bonds. The molecule has 0 fully saturated rings. The van der Waals surface area contributed by atoms with E-state index in [1.165, 1.54) is 19.3 Å². The smallest absolute Gasteiger partial charge is 0.224 e. The Morgan fingerprint density at radius 3 is 2.55 bits per heavy atom. The van der Waals surface area contributed by atoms with Crippen molar-refractivity contribution in [2.75, 3.05) is 11.9 Å². The summed E-state index contributed by atoms with van der Waals surface area (Å²) < 4.78 is 0. The highest BCUT2D eigenvalue weighted by Crippen LogP contribution is 2.15. The van der Waals surface area contributed by atoms with Crippen LogP contribution in [0.15, 0.2) is 24.3 Å². The summed E-state index contributed by atoms with van der Waals surface area (Å²) in [6.07, 6.45) is 6.51. The maximum atomic E-state index is 11.9. The summed E-state index contributed by atoms with van der Waals surface area (Å²) in [7, 11) is 0. The van der Waals surface area contributed by atoms with Crippen molar-refractivity contribution in [1.82, 2.24) is 5.32 Å². The zero-order valence-electron chi connectivity index (χ0n) is 12.9. The Morgan fingerprint density at radius 2 is 1.80 bits per heavy atom. The van der Waals surface area contributed by atoms with Crippen LogP contribution in [0.3, 0.4) is 0 Å². The van der Waals surface area contributed by atoms with Crippen molar-refractivity contribution in [3.63, 3.8) is 0 Å². The van der Waals surface area contributed by atoms with Crippen LogP contribution in [0.2, 0.25) is 0 Å². The van der Waals surface area contributed by atoms with Crippen molar-refractivity contribution in [1.29, 1.82) is 0 Å². The van der Waals surface area contributed by atoms with Crippen LogP contribution in [0, 0.1) is 0 Å². The number of carbonyl (C=O) groups is 1. The van der Waals surface area contributed by atoms with Crippen LogP contribution < -0.4 is 10.6 Å². The van der Waals surface area contributed by atoms with E-state index in [2.05, 4.69) is 30.5 Å². The Bertz CT molecular complexity index is 390. The van der Waals surface area contributed by atoms with Gasteiger partial charge in [0.1, 0.15) is 0 Å². The molecule has 0 bridgehead atoms. The minimum Gasteiger partial charge on any atom is -0.326 e. The second-order valence-electron chi connectivity index (χ2n) is 5.15. The van der Waals surface area contributed by atoms with E-state index in [9.17, 15) is 4.79 Å². The third-order valence-corrected chi connectivity index (χ3v) is 3.36. The molecule has 0 aliphatic heterocycles. The maximum absolute atomic E-state index is 11.9. The largest absolute Gasteiger partial charge is 0.326 e. The molecule has 0 aliphatic rings. The first kappa shape index (κ1) is 16.7. The lowest BCUT2D eigenvalue weighted by Gasteiger charge is -2.11. The third kappa shape index (κ3) is 6.71. The van der Waals surface area contributed by atoms with Gasteiger partial charge in [0.05, 0.1) is 0 Å². The molecule has 0 radical (unpaired) electrons. The van der Waals surface area contributed by atoms with Gasteiger partial charge in [-0.25, -0.2) is 0 Å². The molecule has 0 heterocycles. The summed E-state index contributed by atoms with van der Waals surface area (Å²) in [6, 6.07) is 8.00. The molecule has 3 heteroatoms. The van der Waals surface area contributed by atoms with Crippen LogP contribution >= 0.6 is 0 Å². The SMILES string of the molecule is CCCCCCCC(=O)Nc1ccccc1CNCC. The van der Waals surface area contributed by atoms with Gasteiger partial charge in [-0.3, -0.25) is 4.79 Å². The molecule has 0 atom stereocenters. The van der Waals surface area contributed by atoms with Crippen LogP contribution in [0.25, 0.3) is 0 Å². The van der Waals surface area contributed by atoms with E-state index in [1.807, 2.05) is 18.2 Å². The molecule has 0 aliphatic carbocycles. The number of hydrogen-bond donors (Lipinski definition) is 2. The van der Waals surface area contributed by atoms with E-state index >= 15 is 0 Å². The van der Waals surface area contributed by atoms with E-state index in [1.54, 1.807) is 0 Å². The summed E-state index contributed by atoms with van der Waals surface area (Å²) in [4.78, 5) is 11.9. The maximum Gasteiger partial charge on any atom is 0.224 e. The summed E-state index contributed by atoms with van der Waals surface area (Å²) in [5.74, 6) is 0.130. The number of unbranched alkanes of at least 4 members (excludes halogenated alkanes) is 4. The monoisotopic (exact) mass is 276 g/mol. The first-order valence-corrected chi connectivity index (χ1v) is 7.86. The molecule has 0 spiro atoms. The fourth-order valence-corrected chi connectivity index (χ4v) is 2.16. The van der Waals surface area contributed by atoms with Gasteiger partial charge in [-0.2, -0.15) is 0 Å². The quantitative estimate of drug-likeness (QED) is 0.632. The average Bonchev–Trinajstić information content (AvgIpc) is 2.46. The molecule has 0 saturated carbocycles. The molecule has 112 valence electrons. The second-order valence-corrected chi connectivity index (χ2v) is 5.15. The summed E-state index contributed by atoms with van der Waals surface area (Å²) in [5, 5.41) is 6.32. The average molecular weight is 276 g/mol. The lowest BCUT2D eigenvalue weighted by molar-refractivity contribution is -0.116. The third-order valence-electron chi connectivity index (χ3n) is 3.36. The second kappa shape index (κ2) is 10.4. The van der Waals surface area contributed by atoms with E-state index in [0.29, 0.717) is 6.42 Å². The topological polar surface area (TPSA) is 41.1 Å². The first-order chi connectivity index (χ1) is 9.77. The van der Waals surface area contributed by atoms with Gasteiger partial charge in [-0.05, 0) is 24.6 Å². The van der Waals surface area contributed by atoms with Crippen LogP contribution in [-0.4, -0.2) is 12.5 Å². The van der Waals surface area contributed by atoms with Gasteiger partial charge in [0.25, 0.3) is 0 Å². The minimum atomic E-state index is 0.130. The Kier molecular flexibility index (Phi) is 8.72. The minimum absolute atomic E-state index is 0.130. The molecule has 1 aromatic rings. The zero-order chi connectivity index (χ0) is 14.6. The fourth-order valence-electron chi connectivity index (χ4n) is 2.16. The van der Waals surface area contributed by atoms with Gasteiger partial charge in [-0.15, -0.1) is 0 Å². The molecule has 1 aromatic carbocycles. The number of anilines is 1. The molecule has 3 nitrogen and oxygen atoms in total. The lowest BCUT2D eigenvalue weighted by atomic mass is 10.1. The van der Waals surface area contributed by atoms with E-state index < -0.39 is 0 Å². The van der Waals surface area contributed by atoms with Crippen molar-refractivity contribution in [3.8, 4) is 0 Å². The van der Waals surface area contributed by atoms with Crippen molar-refractivity contribution in [2.24, 2.45) is 0 Å². The van der Waals surface area contributed by atoms with Crippen molar-refractivity contribution >= 4 is 11.6 Å². The summed E-state index contributed by atoms with van der Waals surface area (Å²) in [5.41, 5.74) is 2.08. The number of amides is 1. The van der Waals surface area contributed by atoms with Gasteiger partial charge >= 0.3 is 0 Å². The van der Waals surface area contributed by atoms with Crippen LogP contribution in [0.1, 0.15) is 57.9 Å². The molecule has 0 aromatic heterocycles. The Balaban J connectivity index is 2.37. The number of rotatable bonds is 10. The molecular formula is C17H28N2O. The number of carbonyl (C=O) groups excluding carboxylic acids is 1. The summed E-state index contributed by atoms with van der Waals surface area (Å²) >= 11 is 0. The lowest BCUT2D eigenvalue weighted by Crippen LogP contribution is -2.16. The Morgan fingerprint density at radius 1 is 1.05 bits per heavy atom. The van der Waals surface area contributed by atoms with E-state index in [0.717, 1.165) is 37.2 Å². The van der Waals surface area contributed by atoms with Crippen molar-refractivity contribution in [3.05, 3.63) is 29.8 Å². The molecule has 1 rings (SSSR count). The van der Waals surface area contributed by atoms with Gasteiger partial charge in [0.2, 0.25) is 5.91 Å². The predicted octanol–water partition coefficient (Wildman–Crippen LogP) is 4.10. The normalized spacial score (nSPS) is 10.5. The van der Waals surface area contributed by atoms with Gasteiger partial charge in [0, 0.05) is 18.7 Å². The zero-order valence-corrected chi connectivity index (χ0v) is 12.9. The molecular weight excluding hydrogens is 248 g/mol. The van der Waals surface area contributed by atoms with Crippen LogP contribution in [0.5, 0.6) is 0 Å².